The monoisotopic (exact) mass is 402 g/mol. The van der Waals surface area contributed by atoms with Crippen molar-refractivity contribution in [3.63, 3.8) is 0 Å². The number of nitrogens with zero attached hydrogens (tertiary/aromatic N) is 1. The molecule has 0 unspecified atom stereocenters. The largest absolute Gasteiger partial charge is 0.467 e. The fourth-order valence-corrected chi connectivity index (χ4v) is 3.49. The molecule has 0 radical (unpaired) electrons. The van der Waals surface area contributed by atoms with Gasteiger partial charge in [0.15, 0.2) is 11.2 Å². The van der Waals surface area contributed by atoms with Crippen LogP contribution in [-0.4, -0.2) is 10.5 Å². The summed E-state index contributed by atoms with van der Waals surface area (Å²) in [6.45, 7) is 6.09. The maximum absolute atomic E-state index is 13.3. The predicted octanol–water partition coefficient (Wildman–Crippen LogP) is 4.93. The number of amides is 1. The van der Waals surface area contributed by atoms with Gasteiger partial charge in [-0.25, -0.2) is 0 Å². The molecular weight excluding hydrogens is 380 g/mol. The number of carbonyl (C=O) groups excluding carboxylic acids is 1. The van der Waals surface area contributed by atoms with Gasteiger partial charge in [0.2, 0.25) is 0 Å². The van der Waals surface area contributed by atoms with Crippen LogP contribution >= 0.6 is 0 Å². The first-order valence-electron chi connectivity index (χ1n) is 9.64. The molecule has 0 spiro atoms. The van der Waals surface area contributed by atoms with Crippen LogP contribution in [0.25, 0.3) is 11.5 Å². The molecule has 0 aliphatic carbocycles. The fourth-order valence-electron chi connectivity index (χ4n) is 3.49. The highest BCUT2D eigenvalue weighted by molar-refractivity contribution is 6.08. The Balaban J connectivity index is 1.87. The van der Waals surface area contributed by atoms with Crippen LogP contribution in [0.2, 0.25) is 0 Å². The first-order chi connectivity index (χ1) is 14.5. The van der Waals surface area contributed by atoms with Crippen LogP contribution in [0.15, 0.2) is 74.7 Å². The Morgan fingerprint density at radius 3 is 2.47 bits per heavy atom. The molecule has 0 saturated carbocycles. The summed E-state index contributed by atoms with van der Waals surface area (Å²) in [5, 5.41) is 2.90. The molecule has 0 aliphatic rings. The van der Waals surface area contributed by atoms with Gasteiger partial charge in [0.05, 0.1) is 19.1 Å². The molecule has 1 N–H and O–H groups in total. The van der Waals surface area contributed by atoms with Gasteiger partial charge in [-0.05, 0) is 62.2 Å². The smallest absolute Gasteiger partial charge is 0.261 e. The Bertz CT molecular complexity index is 1250. The molecule has 4 aromatic rings. The van der Waals surface area contributed by atoms with Crippen molar-refractivity contribution in [3.8, 4) is 11.5 Å². The Hall–Kier alpha value is -3.80. The highest BCUT2D eigenvalue weighted by atomic mass is 16.3. The van der Waals surface area contributed by atoms with Crippen molar-refractivity contribution in [1.82, 2.24) is 4.57 Å². The molecule has 1 aromatic carbocycles. The topological polar surface area (TPSA) is 77.4 Å². The van der Waals surface area contributed by atoms with Crippen LogP contribution in [0.1, 0.15) is 32.9 Å². The molecule has 0 bridgehead atoms. The van der Waals surface area contributed by atoms with Gasteiger partial charge in [-0.1, -0.05) is 12.1 Å². The average molecular weight is 402 g/mol. The van der Waals surface area contributed by atoms with E-state index < -0.39 is 5.91 Å². The number of carbonyl (C=O) groups is 1. The summed E-state index contributed by atoms with van der Waals surface area (Å²) in [5.74, 6) is 0.664. The Labute approximate surface area is 173 Å². The Morgan fingerprint density at radius 2 is 1.77 bits per heavy atom. The summed E-state index contributed by atoms with van der Waals surface area (Å²) in [6, 6.07) is 14.2. The number of hydrogen-bond acceptors (Lipinski definition) is 4. The second-order valence-corrected chi connectivity index (χ2v) is 7.22. The van der Waals surface area contributed by atoms with Crippen molar-refractivity contribution in [2.24, 2.45) is 0 Å². The van der Waals surface area contributed by atoms with Crippen molar-refractivity contribution in [1.29, 1.82) is 0 Å². The highest BCUT2D eigenvalue weighted by Crippen LogP contribution is 2.27. The highest BCUT2D eigenvalue weighted by Gasteiger charge is 2.24. The molecule has 0 saturated heterocycles. The van der Waals surface area contributed by atoms with Crippen molar-refractivity contribution in [2.75, 3.05) is 5.32 Å². The summed E-state index contributed by atoms with van der Waals surface area (Å²) >= 11 is 0. The molecule has 0 aliphatic heterocycles. The lowest BCUT2D eigenvalue weighted by Gasteiger charge is -2.18. The van der Waals surface area contributed by atoms with E-state index in [0.717, 1.165) is 11.1 Å². The van der Waals surface area contributed by atoms with Crippen molar-refractivity contribution in [3.05, 3.63) is 99.4 Å². The number of furan rings is 2. The molecular formula is C24H22N2O4. The minimum Gasteiger partial charge on any atom is -0.467 e. The molecule has 30 heavy (non-hydrogen) atoms. The van der Waals surface area contributed by atoms with Crippen molar-refractivity contribution in [2.45, 2.75) is 27.3 Å². The number of benzene rings is 1. The molecule has 6 nitrogen and oxygen atoms in total. The van der Waals surface area contributed by atoms with Crippen LogP contribution in [0.5, 0.6) is 0 Å². The third-order valence-corrected chi connectivity index (χ3v) is 5.25. The number of rotatable bonds is 5. The van der Waals surface area contributed by atoms with E-state index in [1.165, 1.54) is 12.3 Å². The van der Waals surface area contributed by atoms with Gasteiger partial charge in [-0.3, -0.25) is 9.59 Å². The second kappa shape index (κ2) is 7.91. The van der Waals surface area contributed by atoms with E-state index in [1.54, 1.807) is 24.5 Å². The Kier molecular flexibility index (Phi) is 5.14. The number of hydrogen-bond donors (Lipinski definition) is 1. The van der Waals surface area contributed by atoms with Gasteiger partial charge >= 0.3 is 0 Å². The van der Waals surface area contributed by atoms with Crippen LogP contribution in [0.4, 0.5) is 5.69 Å². The molecule has 3 aromatic heterocycles. The van der Waals surface area contributed by atoms with Crippen LogP contribution in [0.3, 0.4) is 0 Å². The SMILES string of the molecule is Cc1cccc(NC(=O)c2c(-c3ccco3)n(Cc3ccco3)c(C)cc2=O)c1C. The average Bonchev–Trinajstić information content (AvgIpc) is 3.41. The lowest BCUT2D eigenvalue weighted by atomic mass is 10.1. The third kappa shape index (κ3) is 3.59. The number of aryl methyl sites for hydroxylation is 2. The standard InChI is InChI=1S/C24H22N2O4/c1-15-7-4-9-19(17(15)3)25-24(28)22-20(27)13-16(2)26(14-18-8-5-11-29-18)23(22)21-10-6-12-30-21/h4-13H,14H2,1-3H3,(H,25,28). The van der Waals surface area contributed by atoms with Crippen molar-refractivity contribution < 1.29 is 13.6 Å². The zero-order chi connectivity index (χ0) is 21.3. The normalized spacial score (nSPS) is 10.9. The fraction of sp³-hybridized carbons (Fsp3) is 0.167. The minimum atomic E-state index is -0.478. The number of pyridine rings is 1. The van der Waals surface area contributed by atoms with Gasteiger partial charge in [-0.15, -0.1) is 0 Å². The van der Waals surface area contributed by atoms with E-state index in [9.17, 15) is 9.59 Å². The summed E-state index contributed by atoms with van der Waals surface area (Å²) in [6.07, 6.45) is 3.11. The minimum absolute atomic E-state index is 0.0306. The van der Waals surface area contributed by atoms with E-state index >= 15 is 0 Å². The van der Waals surface area contributed by atoms with Gasteiger partial charge in [0.1, 0.15) is 17.0 Å². The summed E-state index contributed by atoms with van der Waals surface area (Å²) in [4.78, 5) is 26.2. The zero-order valence-corrected chi connectivity index (χ0v) is 17.1. The Morgan fingerprint density at radius 1 is 1.00 bits per heavy atom. The quantitative estimate of drug-likeness (QED) is 0.514. The van der Waals surface area contributed by atoms with E-state index in [1.807, 2.05) is 49.6 Å². The van der Waals surface area contributed by atoms with E-state index in [-0.39, 0.29) is 11.0 Å². The first-order valence-corrected chi connectivity index (χ1v) is 9.64. The molecule has 6 heteroatoms. The van der Waals surface area contributed by atoms with Gasteiger partial charge in [0.25, 0.3) is 5.91 Å². The maximum atomic E-state index is 13.3. The van der Waals surface area contributed by atoms with Crippen LogP contribution in [-0.2, 0) is 6.54 Å². The second-order valence-electron chi connectivity index (χ2n) is 7.22. The third-order valence-electron chi connectivity index (χ3n) is 5.25. The predicted molar refractivity (Wildman–Crippen MR) is 115 cm³/mol. The molecule has 152 valence electrons. The first kappa shape index (κ1) is 19.5. The van der Waals surface area contributed by atoms with Gasteiger partial charge < -0.3 is 18.7 Å². The van der Waals surface area contributed by atoms with E-state index in [2.05, 4.69) is 5.32 Å². The maximum Gasteiger partial charge on any atom is 0.261 e. The van der Waals surface area contributed by atoms with Gasteiger partial charge in [-0.2, -0.15) is 0 Å². The summed E-state index contributed by atoms with van der Waals surface area (Å²) in [5.41, 5.74) is 3.46. The van der Waals surface area contributed by atoms with E-state index in [0.29, 0.717) is 35.1 Å². The molecule has 0 fully saturated rings. The van der Waals surface area contributed by atoms with E-state index in [4.69, 9.17) is 8.83 Å². The molecule has 3 heterocycles. The lowest BCUT2D eigenvalue weighted by molar-refractivity contribution is 0.102. The van der Waals surface area contributed by atoms with Crippen LogP contribution < -0.4 is 10.7 Å². The van der Waals surface area contributed by atoms with Crippen molar-refractivity contribution >= 4 is 11.6 Å². The number of anilines is 1. The molecule has 1 amide bonds. The summed E-state index contributed by atoms with van der Waals surface area (Å²) < 4.78 is 13.0. The summed E-state index contributed by atoms with van der Waals surface area (Å²) in [7, 11) is 0. The molecule has 0 atom stereocenters. The zero-order valence-electron chi connectivity index (χ0n) is 17.1. The lowest BCUT2D eigenvalue weighted by Crippen LogP contribution is -2.27. The number of aromatic nitrogens is 1. The van der Waals surface area contributed by atoms with Crippen LogP contribution in [0, 0.1) is 20.8 Å². The molecule has 4 rings (SSSR count). The number of nitrogens with one attached hydrogen (secondary N) is 1. The van der Waals surface area contributed by atoms with Gasteiger partial charge in [0, 0.05) is 17.4 Å².